The number of amides is 1. The summed E-state index contributed by atoms with van der Waals surface area (Å²) in [5.74, 6) is 0.933. The van der Waals surface area contributed by atoms with Crippen LogP contribution < -0.4 is 10.2 Å². The molecule has 2 N–H and O–H groups in total. The second-order valence-electron chi connectivity index (χ2n) is 5.50. The Hall–Kier alpha value is -1.88. The molecule has 0 saturated carbocycles. The van der Waals surface area contributed by atoms with Gasteiger partial charge in [-0.25, -0.2) is 5.43 Å². The fraction of sp³-hybridized carbons (Fsp3) is 0.500. The van der Waals surface area contributed by atoms with Gasteiger partial charge in [-0.1, -0.05) is 6.92 Å². The Labute approximate surface area is 125 Å². The van der Waals surface area contributed by atoms with E-state index in [1.54, 1.807) is 0 Å². The van der Waals surface area contributed by atoms with E-state index < -0.39 is 0 Å². The highest BCUT2D eigenvalue weighted by Crippen LogP contribution is 2.27. The molecule has 1 aromatic rings. The predicted octanol–water partition coefficient (Wildman–Crippen LogP) is 1.92. The van der Waals surface area contributed by atoms with Crippen LogP contribution in [-0.2, 0) is 4.79 Å². The fourth-order valence-corrected chi connectivity index (χ4v) is 2.57. The number of benzene rings is 1. The molecule has 0 aliphatic carbocycles. The SMILES string of the molecule is Cc1cc(C2=NNC(=O)CC2C)cc(C)c1OCCCO. The molecule has 5 heteroatoms. The van der Waals surface area contributed by atoms with Crippen LogP contribution in [0.3, 0.4) is 0 Å². The summed E-state index contributed by atoms with van der Waals surface area (Å²) in [5.41, 5.74) is 6.55. The summed E-state index contributed by atoms with van der Waals surface area (Å²) >= 11 is 0. The number of aliphatic hydroxyl groups is 1. The van der Waals surface area contributed by atoms with Gasteiger partial charge < -0.3 is 9.84 Å². The van der Waals surface area contributed by atoms with Gasteiger partial charge in [-0.05, 0) is 42.7 Å². The number of carbonyl (C=O) groups excluding carboxylic acids is 1. The smallest absolute Gasteiger partial charge is 0.240 e. The van der Waals surface area contributed by atoms with Crippen molar-refractivity contribution >= 4 is 11.6 Å². The average molecular weight is 290 g/mol. The molecule has 2 rings (SSSR count). The zero-order valence-electron chi connectivity index (χ0n) is 12.8. The van der Waals surface area contributed by atoms with E-state index in [0.717, 1.165) is 28.2 Å². The lowest BCUT2D eigenvalue weighted by Crippen LogP contribution is -2.32. The Morgan fingerprint density at radius 1 is 1.38 bits per heavy atom. The van der Waals surface area contributed by atoms with Crippen LogP contribution in [0.5, 0.6) is 5.75 Å². The van der Waals surface area contributed by atoms with Crippen LogP contribution in [0.1, 0.15) is 36.5 Å². The average Bonchev–Trinajstić information content (AvgIpc) is 2.41. The molecule has 5 nitrogen and oxygen atoms in total. The molecule has 0 radical (unpaired) electrons. The maximum atomic E-state index is 11.3. The van der Waals surface area contributed by atoms with Crippen molar-refractivity contribution in [1.29, 1.82) is 0 Å². The third-order valence-corrected chi connectivity index (χ3v) is 3.56. The van der Waals surface area contributed by atoms with Crippen molar-refractivity contribution in [3.05, 3.63) is 28.8 Å². The lowest BCUT2D eigenvalue weighted by molar-refractivity contribution is -0.121. The highest BCUT2D eigenvalue weighted by Gasteiger charge is 2.22. The largest absolute Gasteiger partial charge is 0.493 e. The minimum atomic E-state index is -0.0383. The molecule has 21 heavy (non-hydrogen) atoms. The summed E-state index contributed by atoms with van der Waals surface area (Å²) in [7, 11) is 0. The van der Waals surface area contributed by atoms with Crippen molar-refractivity contribution < 1.29 is 14.6 Å². The van der Waals surface area contributed by atoms with Crippen molar-refractivity contribution in [2.75, 3.05) is 13.2 Å². The van der Waals surface area contributed by atoms with E-state index in [2.05, 4.69) is 10.5 Å². The summed E-state index contributed by atoms with van der Waals surface area (Å²) in [5, 5.41) is 13.0. The van der Waals surface area contributed by atoms with Gasteiger partial charge in [0, 0.05) is 25.4 Å². The van der Waals surface area contributed by atoms with Gasteiger partial charge in [-0.15, -0.1) is 0 Å². The summed E-state index contributed by atoms with van der Waals surface area (Å²) in [6, 6.07) is 4.07. The third kappa shape index (κ3) is 3.61. The van der Waals surface area contributed by atoms with Crippen molar-refractivity contribution in [2.45, 2.75) is 33.6 Å². The van der Waals surface area contributed by atoms with Gasteiger partial charge >= 0.3 is 0 Å². The van der Waals surface area contributed by atoms with Crippen molar-refractivity contribution in [3.8, 4) is 5.75 Å². The first kappa shape index (κ1) is 15.5. The number of aryl methyl sites for hydroxylation is 2. The molecule has 1 aliphatic heterocycles. The van der Waals surface area contributed by atoms with Gasteiger partial charge in [-0.2, -0.15) is 5.10 Å². The van der Waals surface area contributed by atoms with Crippen LogP contribution in [-0.4, -0.2) is 29.9 Å². The fourth-order valence-electron chi connectivity index (χ4n) is 2.57. The van der Waals surface area contributed by atoms with Crippen LogP contribution in [0, 0.1) is 19.8 Å². The number of nitrogens with zero attached hydrogens (tertiary/aromatic N) is 1. The lowest BCUT2D eigenvalue weighted by atomic mass is 9.92. The molecule has 114 valence electrons. The Bertz CT molecular complexity index is 544. The number of hydrogen-bond acceptors (Lipinski definition) is 4. The standard InChI is InChI=1S/C16H22N2O3/c1-10-9-14(20)17-18-15(10)13-7-11(2)16(12(3)8-13)21-6-4-5-19/h7-8,10,19H,4-6,9H2,1-3H3,(H,17,20). The number of hydrazone groups is 1. The highest BCUT2D eigenvalue weighted by atomic mass is 16.5. The molecule has 0 spiro atoms. The summed E-state index contributed by atoms with van der Waals surface area (Å²) in [6.07, 6.45) is 1.09. The van der Waals surface area contributed by atoms with Gasteiger partial charge in [0.25, 0.3) is 0 Å². The number of rotatable bonds is 5. The summed E-state index contributed by atoms with van der Waals surface area (Å²) in [4.78, 5) is 11.3. The Morgan fingerprint density at radius 3 is 2.62 bits per heavy atom. The summed E-state index contributed by atoms with van der Waals surface area (Å²) < 4.78 is 5.72. The van der Waals surface area contributed by atoms with Gasteiger partial charge in [0.2, 0.25) is 5.91 Å². The molecule has 1 aliphatic rings. The minimum Gasteiger partial charge on any atom is -0.493 e. The van der Waals surface area contributed by atoms with E-state index in [4.69, 9.17) is 9.84 Å². The first-order valence-electron chi connectivity index (χ1n) is 7.24. The van der Waals surface area contributed by atoms with Crippen LogP contribution in [0.25, 0.3) is 0 Å². The minimum absolute atomic E-state index is 0.0383. The molecule has 1 aromatic carbocycles. The molecule has 1 unspecified atom stereocenters. The molecular formula is C16H22N2O3. The van der Waals surface area contributed by atoms with Crippen LogP contribution >= 0.6 is 0 Å². The van der Waals surface area contributed by atoms with Gasteiger partial charge in [0.1, 0.15) is 5.75 Å². The molecule has 1 amide bonds. The zero-order chi connectivity index (χ0) is 15.4. The monoisotopic (exact) mass is 290 g/mol. The predicted molar refractivity (Wildman–Crippen MR) is 81.6 cm³/mol. The molecule has 0 saturated heterocycles. The maximum absolute atomic E-state index is 11.3. The highest BCUT2D eigenvalue weighted by molar-refractivity contribution is 6.06. The quantitative estimate of drug-likeness (QED) is 0.814. The second-order valence-corrected chi connectivity index (χ2v) is 5.50. The Kier molecular flexibility index (Phi) is 4.96. The van der Waals surface area contributed by atoms with E-state index in [1.807, 2.05) is 32.9 Å². The Morgan fingerprint density at radius 2 is 2.05 bits per heavy atom. The van der Waals surface area contributed by atoms with Crippen LogP contribution in [0.4, 0.5) is 0 Å². The van der Waals surface area contributed by atoms with Crippen LogP contribution in [0.15, 0.2) is 17.2 Å². The second kappa shape index (κ2) is 6.72. The van der Waals surface area contributed by atoms with Crippen LogP contribution in [0.2, 0.25) is 0 Å². The van der Waals surface area contributed by atoms with E-state index in [9.17, 15) is 4.79 Å². The molecular weight excluding hydrogens is 268 g/mol. The number of hydrogen-bond donors (Lipinski definition) is 2. The Balaban J connectivity index is 2.25. The molecule has 0 fully saturated rings. The number of ether oxygens (including phenoxy) is 1. The van der Waals surface area contributed by atoms with Crippen molar-refractivity contribution in [1.82, 2.24) is 5.43 Å². The molecule has 1 heterocycles. The third-order valence-electron chi connectivity index (χ3n) is 3.56. The van der Waals surface area contributed by atoms with E-state index >= 15 is 0 Å². The van der Waals surface area contributed by atoms with Crippen molar-refractivity contribution in [2.24, 2.45) is 11.0 Å². The maximum Gasteiger partial charge on any atom is 0.240 e. The first-order valence-corrected chi connectivity index (χ1v) is 7.24. The number of carbonyl (C=O) groups is 1. The number of aliphatic hydroxyl groups excluding tert-OH is 1. The lowest BCUT2D eigenvalue weighted by Gasteiger charge is -2.21. The van der Waals surface area contributed by atoms with Gasteiger partial charge in [0.15, 0.2) is 0 Å². The van der Waals surface area contributed by atoms with Crippen molar-refractivity contribution in [3.63, 3.8) is 0 Å². The van der Waals surface area contributed by atoms with E-state index in [-0.39, 0.29) is 18.4 Å². The summed E-state index contributed by atoms with van der Waals surface area (Å²) in [6.45, 7) is 6.64. The van der Waals surface area contributed by atoms with Gasteiger partial charge in [0.05, 0.1) is 12.3 Å². The topological polar surface area (TPSA) is 70.9 Å². The normalized spacial score (nSPS) is 18.2. The molecule has 0 aromatic heterocycles. The van der Waals surface area contributed by atoms with E-state index in [1.165, 1.54) is 0 Å². The van der Waals surface area contributed by atoms with E-state index in [0.29, 0.717) is 19.4 Å². The molecule has 0 bridgehead atoms. The number of nitrogens with one attached hydrogen (secondary N) is 1. The first-order chi connectivity index (χ1) is 10.0. The molecule has 1 atom stereocenters. The zero-order valence-corrected chi connectivity index (χ0v) is 12.8. The van der Waals surface area contributed by atoms with Gasteiger partial charge in [-0.3, -0.25) is 4.79 Å².